The van der Waals surface area contributed by atoms with Gasteiger partial charge in [-0.15, -0.1) is 0 Å². The Labute approximate surface area is 111 Å². The largest absolute Gasteiger partial charge is 0.392 e. The molecular formula is C16H13NO2. The maximum atomic E-state index is 9.57. The molecule has 3 nitrogen and oxygen atoms in total. The van der Waals surface area contributed by atoms with Gasteiger partial charge in [-0.05, 0) is 11.1 Å². The zero-order chi connectivity index (χ0) is 13.3. The van der Waals surface area contributed by atoms with Gasteiger partial charge in [0.1, 0.15) is 6.07 Å². The van der Waals surface area contributed by atoms with Gasteiger partial charge >= 0.3 is 0 Å². The van der Waals surface area contributed by atoms with Gasteiger partial charge in [-0.25, -0.2) is 0 Å². The minimum atomic E-state index is -1.18. The quantitative estimate of drug-likeness (QED) is 0.851. The molecule has 1 heterocycles. The van der Waals surface area contributed by atoms with Crippen molar-refractivity contribution in [3.05, 3.63) is 71.8 Å². The van der Waals surface area contributed by atoms with Crippen LogP contribution in [0, 0.1) is 11.3 Å². The molecule has 0 aliphatic carbocycles. The zero-order valence-corrected chi connectivity index (χ0v) is 10.3. The Morgan fingerprint density at radius 3 is 1.74 bits per heavy atom. The molecule has 0 spiro atoms. The number of rotatable bonds is 3. The fraction of sp³-hybridized carbons (Fsp3) is 0.188. The molecule has 3 rings (SSSR count). The van der Waals surface area contributed by atoms with E-state index in [1.54, 1.807) is 0 Å². The van der Waals surface area contributed by atoms with Crippen LogP contribution in [0.4, 0.5) is 0 Å². The summed E-state index contributed by atoms with van der Waals surface area (Å²) < 4.78 is 5.75. The number of nitriles is 1. The van der Waals surface area contributed by atoms with Gasteiger partial charge in [-0.1, -0.05) is 60.7 Å². The molecule has 1 aliphatic heterocycles. The molecule has 3 heteroatoms. The molecule has 1 aliphatic rings. The summed E-state index contributed by atoms with van der Waals surface area (Å²) in [6.45, 7) is -0.326. The van der Waals surface area contributed by atoms with Gasteiger partial charge in [0.15, 0.2) is 5.60 Å². The van der Waals surface area contributed by atoms with Crippen molar-refractivity contribution in [1.29, 1.82) is 5.26 Å². The first-order chi connectivity index (χ1) is 9.29. The molecule has 0 saturated carbocycles. The third-order valence-corrected chi connectivity index (χ3v) is 3.62. The molecule has 1 atom stereocenters. The van der Waals surface area contributed by atoms with Crippen LogP contribution in [0.5, 0.6) is 0 Å². The van der Waals surface area contributed by atoms with Crippen LogP contribution in [0.15, 0.2) is 60.7 Å². The van der Waals surface area contributed by atoms with Crippen LogP contribution in [-0.2, 0) is 10.3 Å². The summed E-state index contributed by atoms with van der Waals surface area (Å²) in [6, 6.07) is 21.2. The Balaban J connectivity index is 2.19. The van der Waals surface area contributed by atoms with E-state index >= 15 is 0 Å². The third kappa shape index (κ3) is 1.51. The third-order valence-electron chi connectivity index (χ3n) is 3.62. The van der Waals surface area contributed by atoms with Crippen LogP contribution < -0.4 is 0 Å². The van der Waals surface area contributed by atoms with E-state index in [-0.39, 0.29) is 6.61 Å². The Morgan fingerprint density at radius 2 is 1.42 bits per heavy atom. The van der Waals surface area contributed by atoms with Gasteiger partial charge in [-0.2, -0.15) is 5.26 Å². The number of hydrogen-bond donors (Lipinski definition) is 1. The SMILES string of the molecule is N#CC1(CO)OC1(c1ccccc1)c1ccccc1. The number of hydrogen-bond acceptors (Lipinski definition) is 3. The summed E-state index contributed by atoms with van der Waals surface area (Å²) in [6.07, 6.45) is 0. The average Bonchev–Trinajstić information content (AvgIpc) is 3.20. The van der Waals surface area contributed by atoms with Crippen LogP contribution in [0.25, 0.3) is 0 Å². The second-order valence-electron chi connectivity index (χ2n) is 4.61. The van der Waals surface area contributed by atoms with Gasteiger partial charge in [0, 0.05) is 0 Å². The van der Waals surface area contributed by atoms with E-state index in [4.69, 9.17) is 4.74 Å². The van der Waals surface area contributed by atoms with E-state index in [1.807, 2.05) is 60.7 Å². The fourth-order valence-electron chi connectivity index (χ4n) is 2.61. The molecule has 1 unspecified atom stereocenters. The van der Waals surface area contributed by atoms with Gasteiger partial charge in [0.05, 0.1) is 6.61 Å². The Morgan fingerprint density at radius 1 is 0.947 bits per heavy atom. The normalized spacial score (nSPS) is 23.6. The highest BCUT2D eigenvalue weighted by Crippen LogP contribution is 2.59. The van der Waals surface area contributed by atoms with E-state index < -0.39 is 11.2 Å². The molecular weight excluding hydrogens is 238 g/mol. The number of aliphatic hydroxyl groups excluding tert-OH is 1. The summed E-state index contributed by atoms with van der Waals surface area (Å²) >= 11 is 0. The Bertz CT molecular complexity index is 579. The monoisotopic (exact) mass is 251 g/mol. The second kappa shape index (κ2) is 4.20. The summed E-state index contributed by atoms with van der Waals surface area (Å²) in [5, 5.41) is 18.9. The minimum Gasteiger partial charge on any atom is -0.392 e. The molecule has 0 radical (unpaired) electrons. The highest BCUT2D eigenvalue weighted by Gasteiger charge is 2.72. The van der Waals surface area contributed by atoms with E-state index in [0.29, 0.717) is 0 Å². The molecule has 2 aromatic rings. The zero-order valence-electron chi connectivity index (χ0n) is 10.3. The predicted octanol–water partition coefficient (Wildman–Crippen LogP) is 2.22. The summed E-state index contributed by atoms with van der Waals surface area (Å²) in [5.41, 5.74) is -0.275. The van der Waals surface area contributed by atoms with Crippen molar-refractivity contribution in [2.75, 3.05) is 6.61 Å². The number of nitrogens with zero attached hydrogens (tertiary/aromatic N) is 1. The number of ether oxygens (including phenoxy) is 1. The summed E-state index contributed by atoms with van der Waals surface area (Å²) in [5.74, 6) is 0. The number of benzene rings is 2. The van der Waals surface area contributed by atoms with Gasteiger partial charge in [0.25, 0.3) is 0 Å². The second-order valence-corrected chi connectivity index (χ2v) is 4.61. The molecule has 1 saturated heterocycles. The van der Waals surface area contributed by atoms with E-state index in [0.717, 1.165) is 11.1 Å². The molecule has 0 amide bonds. The highest BCUT2D eigenvalue weighted by molar-refractivity contribution is 5.50. The molecule has 0 bridgehead atoms. The predicted molar refractivity (Wildman–Crippen MR) is 70.2 cm³/mol. The molecule has 0 aromatic heterocycles. The van der Waals surface area contributed by atoms with Crippen LogP contribution in [0.2, 0.25) is 0 Å². The molecule has 1 N–H and O–H groups in total. The van der Waals surface area contributed by atoms with Crippen molar-refractivity contribution < 1.29 is 9.84 Å². The van der Waals surface area contributed by atoms with Crippen LogP contribution in [0.3, 0.4) is 0 Å². The Hall–Kier alpha value is -2.15. The lowest BCUT2D eigenvalue weighted by Crippen LogP contribution is -2.27. The number of epoxide rings is 1. The minimum absolute atomic E-state index is 0.326. The van der Waals surface area contributed by atoms with E-state index in [9.17, 15) is 10.4 Å². The van der Waals surface area contributed by atoms with Gasteiger partial charge < -0.3 is 9.84 Å². The van der Waals surface area contributed by atoms with Crippen molar-refractivity contribution in [1.82, 2.24) is 0 Å². The molecule has 2 aromatic carbocycles. The summed E-state index contributed by atoms with van der Waals surface area (Å²) in [4.78, 5) is 0. The van der Waals surface area contributed by atoms with E-state index in [1.165, 1.54) is 0 Å². The highest BCUT2D eigenvalue weighted by atomic mass is 16.6. The first-order valence-electron chi connectivity index (χ1n) is 6.12. The molecule has 19 heavy (non-hydrogen) atoms. The Kier molecular flexibility index (Phi) is 2.63. The lowest BCUT2D eigenvalue weighted by atomic mass is 9.81. The van der Waals surface area contributed by atoms with Crippen molar-refractivity contribution in [3.63, 3.8) is 0 Å². The molecule has 1 fully saturated rings. The van der Waals surface area contributed by atoms with Crippen molar-refractivity contribution in [2.24, 2.45) is 0 Å². The van der Waals surface area contributed by atoms with Crippen molar-refractivity contribution in [3.8, 4) is 6.07 Å². The standard InChI is InChI=1S/C16H13NO2/c17-11-15(12-18)16(19-15,13-7-3-1-4-8-13)14-9-5-2-6-10-14/h1-10,18H,12H2. The topological polar surface area (TPSA) is 56.5 Å². The van der Waals surface area contributed by atoms with Crippen molar-refractivity contribution in [2.45, 2.75) is 11.2 Å². The van der Waals surface area contributed by atoms with Crippen molar-refractivity contribution >= 4 is 0 Å². The van der Waals surface area contributed by atoms with Gasteiger partial charge in [-0.3, -0.25) is 0 Å². The smallest absolute Gasteiger partial charge is 0.215 e. The molecule has 94 valence electrons. The average molecular weight is 251 g/mol. The van der Waals surface area contributed by atoms with E-state index in [2.05, 4.69) is 6.07 Å². The van der Waals surface area contributed by atoms with Crippen LogP contribution in [0.1, 0.15) is 11.1 Å². The van der Waals surface area contributed by atoms with Gasteiger partial charge in [0.2, 0.25) is 5.60 Å². The maximum absolute atomic E-state index is 9.57. The number of aliphatic hydroxyl groups is 1. The lowest BCUT2D eigenvalue weighted by Gasteiger charge is -2.15. The summed E-state index contributed by atoms with van der Waals surface area (Å²) in [7, 11) is 0. The lowest BCUT2D eigenvalue weighted by molar-refractivity contribution is 0.204. The first kappa shape index (κ1) is 11.9. The van der Waals surface area contributed by atoms with Crippen LogP contribution >= 0.6 is 0 Å². The van der Waals surface area contributed by atoms with Crippen LogP contribution in [-0.4, -0.2) is 17.3 Å². The maximum Gasteiger partial charge on any atom is 0.215 e. The fourth-order valence-corrected chi connectivity index (χ4v) is 2.61. The first-order valence-corrected chi connectivity index (χ1v) is 6.12.